The molecule has 20 heavy (non-hydrogen) atoms. The van der Waals surface area contributed by atoms with Crippen molar-refractivity contribution in [1.29, 1.82) is 0 Å². The van der Waals surface area contributed by atoms with Crippen molar-refractivity contribution >= 4 is 45.8 Å². The number of halogens is 4. The fraction of sp³-hybridized carbons (Fsp3) is 0.0714. The highest BCUT2D eigenvalue weighted by Crippen LogP contribution is 2.31. The molecule has 0 bridgehead atoms. The Balaban J connectivity index is 2.43. The van der Waals surface area contributed by atoms with E-state index >= 15 is 0 Å². The summed E-state index contributed by atoms with van der Waals surface area (Å²) in [5, 5.41) is 0.516. The van der Waals surface area contributed by atoms with Gasteiger partial charge < -0.3 is 0 Å². The second-order valence-corrected chi connectivity index (χ2v) is 5.26. The highest BCUT2D eigenvalue weighted by molar-refractivity contribution is 6.35. The maximum Gasteiger partial charge on any atom is 0.165 e. The molecule has 0 fully saturated rings. The number of nitrogens with zero attached hydrogens (tertiary/aromatic N) is 2. The molecule has 3 aromatic rings. The average Bonchev–Trinajstić information content (AvgIpc) is 2.82. The van der Waals surface area contributed by atoms with Gasteiger partial charge in [0.25, 0.3) is 0 Å². The van der Waals surface area contributed by atoms with Gasteiger partial charge in [-0.1, -0.05) is 35.3 Å². The van der Waals surface area contributed by atoms with Crippen LogP contribution in [0.5, 0.6) is 0 Å². The van der Waals surface area contributed by atoms with Crippen molar-refractivity contribution in [2.75, 3.05) is 0 Å². The summed E-state index contributed by atoms with van der Waals surface area (Å²) >= 11 is 18.0. The van der Waals surface area contributed by atoms with Gasteiger partial charge in [0.05, 0.1) is 32.6 Å². The second kappa shape index (κ2) is 5.24. The van der Waals surface area contributed by atoms with Crippen LogP contribution in [-0.2, 0) is 5.88 Å². The van der Waals surface area contributed by atoms with Gasteiger partial charge in [0.15, 0.2) is 5.82 Å². The molecule has 2 nitrogen and oxygen atoms in total. The number of aromatic nitrogens is 2. The van der Waals surface area contributed by atoms with Crippen LogP contribution in [0.1, 0.15) is 5.82 Å². The van der Waals surface area contributed by atoms with Gasteiger partial charge in [0.1, 0.15) is 5.82 Å². The van der Waals surface area contributed by atoms with Crippen molar-refractivity contribution in [2.45, 2.75) is 5.88 Å². The van der Waals surface area contributed by atoms with Crippen LogP contribution >= 0.6 is 34.8 Å². The molecule has 102 valence electrons. The second-order valence-electron chi connectivity index (χ2n) is 4.18. The summed E-state index contributed by atoms with van der Waals surface area (Å²) in [7, 11) is 0. The molecule has 0 amide bonds. The fourth-order valence-electron chi connectivity index (χ4n) is 2.15. The number of imidazole rings is 1. The van der Waals surface area contributed by atoms with Crippen LogP contribution < -0.4 is 0 Å². The summed E-state index contributed by atoms with van der Waals surface area (Å²) in [5.41, 5.74) is 1.56. The normalized spacial score (nSPS) is 11.2. The lowest BCUT2D eigenvalue weighted by Crippen LogP contribution is -2.02. The van der Waals surface area contributed by atoms with E-state index in [9.17, 15) is 4.39 Å². The standard InChI is InChI=1S/C14H8Cl3FN2/c15-7-12-19-10-5-1-4-9(17)14(10)20(12)11-6-2-3-8(16)13(11)18/h1-6H,7H2. The van der Waals surface area contributed by atoms with Crippen molar-refractivity contribution in [2.24, 2.45) is 0 Å². The van der Waals surface area contributed by atoms with Crippen molar-refractivity contribution in [3.8, 4) is 5.69 Å². The number of alkyl halides is 1. The summed E-state index contributed by atoms with van der Waals surface area (Å²) in [6, 6.07) is 10.1. The number of benzene rings is 2. The van der Waals surface area contributed by atoms with Crippen molar-refractivity contribution in [3.63, 3.8) is 0 Å². The van der Waals surface area contributed by atoms with Crippen LogP contribution in [0.25, 0.3) is 16.7 Å². The molecule has 6 heteroatoms. The molecule has 1 aromatic heterocycles. The highest BCUT2D eigenvalue weighted by atomic mass is 35.5. The first-order chi connectivity index (χ1) is 9.63. The lowest BCUT2D eigenvalue weighted by molar-refractivity contribution is 0.618. The van der Waals surface area contributed by atoms with Gasteiger partial charge in [-0.3, -0.25) is 4.57 Å². The molecule has 1 heterocycles. The van der Waals surface area contributed by atoms with Crippen molar-refractivity contribution < 1.29 is 4.39 Å². The van der Waals surface area contributed by atoms with Crippen LogP contribution in [0.4, 0.5) is 4.39 Å². The zero-order chi connectivity index (χ0) is 14.3. The van der Waals surface area contributed by atoms with Gasteiger partial charge in [0.2, 0.25) is 0 Å². The third kappa shape index (κ3) is 2.06. The minimum absolute atomic E-state index is 0.0388. The van der Waals surface area contributed by atoms with Crippen LogP contribution in [0.15, 0.2) is 36.4 Å². The largest absolute Gasteiger partial charge is 0.291 e. The molecule has 0 atom stereocenters. The zero-order valence-corrected chi connectivity index (χ0v) is 12.3. The van der Waals surface area contributed by atoms with Crippen LogP contribution in [-0.4, -0.2) is 9.55 Å². The molecule has 0 aliphatic rings. The van der Waals surface area contributed by atoms with E-state index in [4.69, 9.17) is 34.8 Å². The Labute approximate surface area is 129 Å². The molecule has 0 radical (unpaired) electrons. The maximum atomic E-state index is 14.3. The van der Waals surface area contributed by atoms with E-state index in [1.165, 1.54) is 6.07 Å². The molecule has 3 rings (SSSR count). The first-order valence-electron chi connectivity index (χ1n) is 5.79. The van der Waals surface area contributed by atoms with E-state index in [0.29, 0.717) is 21.9 Å². The Hall–Kier alpha value is -1.29. The van der Waals surface area contributed by atoms with Gasteiger partial charge >= 0.3 is 0 Å². The highest BCUT2D eigenvalue weighted by Gasteiger charge is 2.18. The van der Waals surface area contributed by atoms with E-state index in [0.717, 1.165) is 0 Å². The summed E-state index contributed by atoms with van der Waals surface area (Å²) in [6.45, 7) is 0. The third-order valence-electron chi connectivity index (χ3n) is 2.99. The summed E-state index contributed by atoms with van der Waals surface area (Å²) in [6.07, 6.45) is 0. The Bertz CT molecular complexity index is 798. The lowest BCUT2D eigenvalue weighted by Gasteiger charge is -2.10. The third-order valence-corrected chi connectivity index (χ3v) is 3.82. The van der Waals surface area contributed by atoms with Crippen molar-refractivity contribution in [3.05, 3.63) is 58.1 Å². The molecule has 0 N–H and O–H groups in total. The van der Waals surface area contributed by atoms with E-state index < -0.39 is 5.82 Å². The topological polar surface area (TPSA) is 17.8 Å². The predicted molar refractivity (Wildman–Crippen MR) is 80.6 cm³/mol. The van der Waals surface area contributed by atoms with Gasteiger partial charge in [-0.15, -0.1) is 11.6 Å². The Morgan fingerprint density at radius 1 is 1.05 bits per heavy atom. The smallest absolute Gasteiger partial charge is 0.165 e. The SMILES string of the molecule is Fc1c(Cl)cccc1-n1c(CCl)nc2cccc(Cl)c21. The molecular formula is C14H8Cl3FN2. The van der Waals surface area contributed by atoms with Gasteiger partial charge in [-0.25, -0.2) is 9.37 Å². The first kappa shape index (κ1) is 13.7. The minimum Gasteiger partial charge on any atom is -0.291 e. The van der Waals surface area contributed by atoms with Gasteiger partial charge in [-0.05, 0) is 24.3 Å². The zero-order valence-electron chi connectivity index (χ0n) is 10.1. The van der Waals surface area contributed by atoms with Crippen LogP contribution in [0.3, 0.4) is 0 Å². The number of fused-ring (bicyclic) bond motifs is 1. The molecule has 0 aliphatic heterocycles. The molecular weight excluding hydrogens is 322 g/mol. The Morgan fingerprint density at radius 2 is 1.75 bits per heavy atom. The molecule has 0 saturated carbocycles. The molecule has 0 unspecified atom stereocenters. The molecule has 0 aliphatic carbocycles. The minimum atomic E-state index is -0.528. The number of rotatable bonds is 2. The van der Waals surface area contributed by atoms with E-state index in [1.54, 1.807) is 34.9 Å². The number of para-hydroxylation sites is 1. The van der Waals surface area contributed by atoms with E-state index in [2.05, 4.69) is 4.98 Å². The average molecular weight is 330 g/mol. The first-order valence-corrected chi connectivity index (χ1v) is 7.08. The molecule has 2 aromatic carbocycles. The van der Waals surface area contributed by atoms with E-state index in [-0.39, 0.29) is 16.6 Å². The van der Waals surface area contributed by atoms with Gasteiger partial charge in [-0.2, -0.15) is 0 Å². The number of hydrogen-bond donors (Lipinski definition) is 0. The lowest BCUT2D eigenvalue weighted by atomic mass is 10.2. The summed E-state index contributed by atoms with van der Waals surface area (Å²) in [5.74, 6) is 0.118. The van der Waals surface area contributed by atoms with E-state index in [1.807, 2.05) is 0 Å². The summed E-state index contributed by atoms with van der Waals surface area (Å²) < 4.78 is 15.9. The van der Waals surface area contributed by atoms with Gasteiger partial charge in [0, 0.05) is 0 Å². The molecule has 0 spiro atoms. The predicted octanol–water partition coefficient (Wildman–Crippen LogP) is 5.21. The molecule has 0 saturated heterocycles. The van der Waals surface area contributed by atoms with Crippen LogP contribution in [0.2, 0.25) is 10.0 Å². The Kier molecular flexibility index (Phi) is 3.59. The number of hydrogen-bond acceptors (Lipinski definition) is 1. The van der Waals surface area contributed by atoms with Crippen LogP contribution in [0, 0.1) is 5.82 Å². The maximum absolute atomic E-state index is 14.3. The quantitative estimate of drug-likeness (QED) is 0.590. The van der Waals surface area contributed by atoms with Crippen molar-refractivity contribution in [1.82, 2.24) is 9.55 Å². The fourth-order valence-corrected chi connectivity index (χ4v) is 2.75. The monoisotopic (exact) mass is 328 g/mol. The Morgan fingerprint density at radius 3 is 2.50 bits per heavy atom. The summed E-state index contributed by atoms with van der Waals surface area (Å²) in [4.78, 5) is 4.38.